The number of phenolic OH excluding ortho intramolecular Hbond substituents is 1. The molecule has 0 bridgehead atoms. The standard InChI is InChI=1S/C10H13N3O7S/c1-12(5-4-10(15)16)21(19,20)11-8-6-7(13(17)18)2-3-9(8)14/h2-3,6,11,14H,4-5H2,1H3,(H,15,16). The quantitative estimate of drug-likeness (QED) is 0.373. The third-order valence-electron chi connectivity index (χ3n) is 2.48. The maximum absolute atomic E-state index is 11.9. The molecular formula is C10H13N3O7S. The minimum atomic E-state index is -4.14. The van der Waals surface area contributed by atoms with Crippen LogP contribution in [0, 0.1) is 10.1 Å². The molecule has 10 nitrogen and oxygen atoms in total. The van der Waals surface area contributed by atoms with Crippen molar-refractivity contribution in [2.45, 2.75) is 6.42 Å². The fourth-order valence-corrected chi connectivity index (χ4v) is 2.24. The van der Waals surface area contributed by atoms with E-state index in [9.17, 15) is 28.4 Å². The number of aliphatic carboxylic acids is 1. The van der Waals surface area contributed by atoms with Crippen LogP contribution < -0.4 is 4.72 Å². The molecule has 0 amide bonds. The molecule has 0 aromatic heterocycles. The largest absolute Gasteiger partial charge is 0.506 e. The van der Waals surface area contributed by atoms with Gasteiger partial charge in [-0.3, -0.25) is 19.6 Å². The number of phenols is 1. The lowest BCUT2D eigenvalue weighted by atomic mass is 10.2. The van der Waals surface area contributed by atoms with Crippen molar-refractivity contribution in [3.8, 4) is 5.75 Å². The highest BCUT2D eigenvalue weighted by Crippen LogP contribution is 2.28. The van der Waals surface area contributed by atoms with Crippen molar-refractivity contribution in [2.75, 3.05) is 18.3 Å². The number of benzene rings is 1. The first kappa shape index (κ1) is 16.7. The fourth-order valence-electron chi connectivity index (χ4n) is 1.31. The zero-order valence-electron chi connectivity index (χ0n) is 10.9. The van der Waals surface area contributed by atoms with Crippen LogP contribution in [0.3, 0.4) is 0 Å². The second kappa shape index (κ2) is 6.37. The first-order valence-corrected chi connectivity index (χ1v) is 7.01. The molecule has 11 heteroatoms. The van der Waals surface area contributed by atoms with E-state index in [0.29, 0.717) is 0 Å². The predicted octanol–water partition coefficient (Wildman–Crippen LogP) is 0.364. The van der Waals surface area contributed by atoms with Gasteiger partial charge < -0.3 is 10.2 Å². The van der Waals surface area contributed by atoms with Crippen LogP contribution in [-0.4, -0.2) is 47.4 Å². The van der Waals surface area contributed by atoms with Crippen LogP contribution in [0.5, 0.6) is 5.75 Å². The van der Waals surface area contributed by atoms with Crippen LogP contribution in [0.1, 0.15) is 6.42 Å². The van der Waals surface area contributed by atoms with Crippen LogP contribution >= 0.6 is 0 Å². The lowest BCUT2D eigenvalue weighted by Crippen LogP contribution is -2.34. The van der Waals surface area contributed by atoms with Gasteiger partial charge in [0.2, 0.25) is 0 Å². The molecule has 0 aliphatic carbocycles. The third-order valence-corrected chi connectivity index (χ3v) is 3.96. The molecule has 116 valence electrons. The lowest BCUT2D eigenvalue weighted by Gasteiger charge is -2.17. The van der Waals surface area contributed by atoms with Gasteiger partial charge in [0, 0.05) is 25.7 Å². The monoisotopic (exact) mass is 319 g/mol. The van der Waals surface area contributed by atoms with E-state index in [4.69, 9.17) is 5.11 Å². The predicted molar refractivity (Wildman–Crippen MR) is 72.2 cm³/mol. The number of hydrogen-bond donors (Lipinski definition) is 3. The van der Waals surface area contributed by atoms with E-state index < -0.39 is 39.0 Å². The molecule has 0 heterocycles. The van der Waals surface area contributed by atoms with Crippen LogP contribution in [0.4, 0.5) is 11.4 Å². The van der Waals surface area contributed by atoms with Crippen LogP contribution in [-0.2, 0) is 15.0 Å². The third kappa shape index (κ3) is 4.57. The van der Waals surface area contributed by atoms with Gasteiger partial charge >= 0.3 is 16.2 Å². The Hall–Kier alpha value is -2.40. The molecule has 1 aromatic rings. The summed E-state index contributed by atoms with van der Waals surface area (Å²) >= 11 is 0. The van der Waals surface area contributed by atoms with Crippen LogP contribution in [0.25, 0.3) is 0 Å². The maximum Gasteiger partial charge on any atom is 0.304 e. The maximum atomic E-state index is 11.9. The van der Waals surface area contributed by atoms with Gasteiger partial charge in [-0.1, -0.05) is 0 Å². The smallest absolute Gasteiger partial charge is 0.304 e. The Morgan fingerprint density at radius 1 is 1.48 bits per heavy atom. The van der Waals surface area contributed by atoms with E-state index in [1.54, 1.807) is 0 Å². The van der Waals surface area contributed by atoms with Gasteiger partial charge in [-0.15, -0.1) is 0 Å². The Balaban J connectivity index is 2.95. The summed E-state index contributed by atoms with van der Waals surface area (Å²) in [6.07, 6.45) is -0.404. The van der Waals surface area contributed by atoms with Crippen molar-refractivity contribution >= 4 is 27.6 Å². The van der Waals surface area contributed by atoms with E-state index in [1.807, 2.05) is 4.72 Å². The number of hydrogen-bond acceptors (Lipinski definition) is 6. The molecule has 1 rings (SSSR count). The second-order valence-electron chi connectivity index (χ2n) is 4.03. The summed E-state index contributed by atoms with van der Waals surface area (Å²) in [6.45, 7) is -0.291. The molecule has 0 atom stereocenters. The van der Waals surface area contributed by atoms with Crippen molar-refractivity contribution in [3.05, 3.63) is 28.3 Å². The molecule has 0 radical (unpaired) electrons. The van der Waals surface area contributed by atoms with E-state index in [2.05, 4.69) is 0 Å². The minimum absolute atomic E-state index is 0.291. The lowest BCUT2D eigenvalue weighted by molar-refractivity contribution is -0.384. The molecule has 1 aromatic carbocycles. The van der Waals surface area contributed by atoms with Gasteiger partial charge in [-0.2, -0.15) is 12.7 Å². The van der Waals surface area contributed by atoms with Crippen molar-refractivity contribution < 1.29 is 28.3 Å². The van der Waals surface area contributed by atoms with Crippen molar-refractivity contribution in [3.63, 3.8) is 0 Å². The molecule has 0 saturated heterocycles. The number of nitrogens with one attached hydrogen (secondary N) is 1. The Kier molecular flexibility index (Phi) is 5.05. The zero-order chi connectivity index (χ0) is 16.2. The molecule has 0 saturated carbocycles. The number of rotatable bonds is 7. The number of nitro benzene ring substituents is 1. The topological polar surface area (TPSA) is 150 Å². The van der Waals surface area contributed by atoms with Gasteiger partial charge in [-0.05, 0) is 6.07 Å². The fraction of sp³-hybridized carbons (Fsp3) is 0.300. The number of carboxylic acids is 1. The Bertz CT molecular complexity index is 659. The van der Waals surface area contributed by atoms with E-state index in [-0.39, 0.29) is 12.2 Å². The summed E-state index contributed by atoms with van der Waals surface area (Å²) in [5, 5.41) is 28.6. The number of carbonyl (C=O) groups is 1. The summed E-state index contributed by atoms with van der Waals surface area (Å²) in [7, 11) is -3.00. The number of carboxylic acid groups (broad SMARTS) is 1. The highest BCUT2D eigenvalue weighted by Gasteiger charge is 2.21. The highest BCUT2D eigenvalue weighted by molar-refractivity contribution is 7.90. The first-order chi connectivity index (χ1) is 9.63. The van der Waals surface area contributed by atoms with Crippen molar-refractivity contribution in [1.29, 1.82) is 0 Å². The summed E-state index contributed by atoms with van der Waals surface area (Å²) in [5.74, 6) is -1.66. The van der Waals surface area contributed by atoms with Gasteiger partial charge in [0.25, 0.3) is 5.69 Å². The summed E-state index contributed by atoms with van der Waals surface area (Å²) in [6, 6.07) is 2.85. The van der Waals surface area contributed by atoms with Crippen molar-refractivity contribution in [1.82, 2.24) is 4.31 Å². The molecule has 0 aliphatic heterocycles. The van der Waals surface area contributed by atoms with Crippen LogP contribution in [0.2, 0.25) is 0 Å². The van der Waals surface area contributed by atoms with Crippen LogP contribution in [0.15, 0.2) is 18.2 Å². The number of nitrogens with zero attached hydrogens (tertiary/aromatic N) is 2. The summed E-state index contributed by atoms with van der Waals surface area (Å²) < 4.78 is 26.5. The Labute approximate surface area is 119 Å². The molecule has 3 N–H and O–H groups in total. The summed E-state index contributed by atoms with van der Waals surface area (Å²) in [5.41, 5.74) is -0.773. The Morgan fingerprint density at radius 3 is 2.62 bits per heavy atom. The molecule has 0 unspecified atom stereocenters. The normalized spacial score (nSPS) is 11.3. The number of anilines is 1. The van der Waals surface area contributed by atoms with E-state index >= 15 is 0 Å². The first-order valence-electron chi connectivity index (χ1n) is 5.57. The molecular weight excluding hydrogens is 306 g/mol. The van der Waals surface area contributed by atoms with Crippen molar-refractivity contribution in [2.24, 2.45) is 0 Å². The van der Waals surface area contributed by atoms with Gasteiger partial charge in [0.1, 0.15) is 5.75 Å². The highest BCUT2D eigenvalue weighted by atomic mass is 32.2. The van der Waals surface area contributed by atoms with Gasteiger partial charge in [0.15, 0.2) is 0 Å². The molecule has 21 heavy (non-hydrogen) atoms. The number of aromatic hydroxyl groups is 1. The molecule has 0 spiro atoms. The van der Waals surface area contributed by atoms with E-state index in [0.717, 1.165) is 29.6 Å². The number of nitro groups is 1. The average molecular weight is 319 g/mol. The minimum Gasteiger partial charge on any atom is -0.506 e. The Morgan fingerprint density at radius 2 is 2.10 bits per heavy atom. The van der Waals surface area contributed by atoms with Gasteiger partial charge in [-0.25, -0.2) is 0 Å². The average Bonchev–Trinajstić information content (AvgIpc) is 2.37. The summed E-state index contributed by atoms with van der Waals surface area (Å²) in [4.78, 5) is 20.3. The second-order valence-corrected chi connectivity index (χ2v) is 5.81. The SMILES string of the molecule is CN(CCC(=O)O)S(=O)(=O)Nc1cc([N+](=O)[O-])ccc1O. The number of non-ortho nitro benzene ring substituents is 1. The molecule has 0 fully saturated rings. The zero-order valence-corrected chi connectivity index (χ0v) is 11.7. The molecule has 0 aliphatic rings. The van der Waals surface area contributed by atoms with Gasteiger partial charge in [0.05, 0.1) is 17.0 Å². The van der Waals surface area contributed by atoms with E-state index in [1.165, 1.54) is 0 Å².